The van der Waals surface area contributed by atoms with Crippen LogP contribution in [-0.2, 0) is 0 Å². The minimum Gasteiger partial charge on any atom is -0.292 e. The first-order valence-electron chi connectivity index (χ1n) is 4.34. The summed E-state index contributed by atoms with van der Waals surface area (Å²) < 4.78 is 0. The van der Waals surface area contributed by atoms with Crippen molar-refractivity contribution < 1.29 is 0 Å². The van der Waals surface area contributed by atoms with Gasteiger partial charge in [-0.3, -0.25) is 4.90 Å². The van der Waals surface area contributed by atoms with Crippen molar-refractivity contribution >= 4 is 0 Å². The van der Waals surface area contributed by atoms with Crippen LogP contribution in [0.1, 0.15) is 34.1 Å². The molecular weight excluding hydrogens is 134 g/mol. The molecule has 1 aliphatic rings. The molecule has 1 heteroatoms. The maximum absolute atomic E-state index is 4.03. The van der Waals surface area contributed by atoms with Crippen LogP contribution >= 0.6 is 0 Å². The molecule has 0 aromatic carbocycles. The van der Waals surface area contributed by atoms with E-state index in [9.17, 15) is 0 Å². The highest BCUT2D eigenvalue weighted by Gasteiger charge is 2.31. The fraction of sp³-hybridized carbons (Fsp3) is 0.800. The third-order valence-electron chi connectivity index (χ3n) is 2.37. The summed E-state index contributed by atoms with van der Waals surface area (Å²) in [5.74, 6) is 0. The van der Waals surface area contributed by atoms with Crippen molar-refractivity contribution in [2.24, 2.45) is 0 Å². The lowest BCUT2D eigenvalue weighted by Gasteiger charge is -2.35. The van der Waals surface area contributed by atoms with Crippen LogP contribution in [0.2, 0.25) is 0 Å². The van der Waals surface area contributed by atoms with Crippen molar-refractivity contribution in [3.63, 3.8) is 0 Å². The van der Waals surface area contributed by atoms with Crippen LogP contribution in [0.25, 0.3) is 0 Å². The molecule has 1 nitrogen and oxygen atoms in total. The summed E-state index contributed by atoms with van der Waals surface area (Å²) in [6.07, 6.45) is 1.18. The predicted molar refractivity (Wildman–Crippen MR) is 49.7 cm³/mol. The highest BCUT2D eigenvalue weighted by atomic mass is 15.2. The normalized spacial score (nSPS) is 28.0. The van der Waals surface area contributed by atoms with E-state index in [1.807, 2.05) is 0 Å². The Labute approximate surface area is 70.1 Å². The Morgan fingerprint density at radius 3 is 2.18 bits per heavy atom. The minimum absolute atomic E-state index is 0.304. The van der Waals surface area contributed by atoms with Gasteiger partial charge in [-0.25, -0.2) is 0 Å². The Balaban J connectivity index is 2.67. The zero-order valence-corrected chi connectivity index (χ0v) is 8.15. The van der Waals surface area contributed by atoms with E-state index in [0.717, 1.165) is 6.54 Å². The Morgan fingerprint density at radius 2 is 2.00 bits per heavy atom. The minimum atomic E-state index is 0.304. The molecule has 0 N–H and O–H groups in total. The molecule has 1 saturated heterocycles. The van der Waals surface area contributed by atoms with Crippen molar-refractivity contribution in [1.82, 2.24) is 4.90 Å². The van der Waals surface area contributed by atoms with Gasteiger partial charge in [0, 0.05) is 18.1 Å². The van der Waals surface area contributed by atoms with Crippen LogP contribution in [0.4, 0.5) is 0 Å². The second kappa shape index (κ2) is 2.63. The van der Waals surface area contributed by atoms with Crippen LogP contribution in [0.5, 0.6) is 0 Å². The summed E-state index contributed by atoms with van der Waals surface area (Å²) in [6, 6.07) is 0.683. The van der Waals surface area contributed by atoms with Crippen molar-refractivity contribution in [2.45, 2.75) is 45.7 Å². The first kappa shape index (κ1) is 8.79. The quantitative estimate of drug-likeness (QED) is 0.483. The molecule has 1 aliphatic heterocycles. The smallest absolute Gasteiger partial charge is 0.0198 e. The highest BCUT2D eigenvalue weighted by molar-refractivity contribution is 5.09. The molecule has 1 rings (SSSR count). The van der Waals surface area contributed by atoms with Gasteiger partial charge in [0.05, 0.1) is 0 Å². The molecule has 1 unspecified atom stereocenters. The summed E-state index contributed by atoms with van der Waals surface area (Å²) in [7, 11) is 0. The lowest BCUT2D eigenvalue weighted by molar-refractivity contribution is 0.132. The third kappa shape index (κ3) is 1.84. The molecule has 0 spiro atoms. The monoisotopic (exact) mass is 153 g/mol. The van der Waals surface area contributed by atoms with E-state index in [0.29, 0.717) is 11.6 Å². The number of rotatable bonds is 0. The summed E-state index contributed by atoms with van der Waals surface area (Å²) in [5.41, 5.74) is 1.69. The van der Waals surface area contributed by atoms with Gasteiger partial charge in [0.2, 0.25) is 0 Å². The first-order valence-corrected chi connectivity index (χ1v) is 4.34. The van der Waals surface area contributed by atoms with E-state index < -0.39 is 0 Å². The van der Waals surface area contributed by atoms with Gasteiger partial charge in [-0.15, -0.1) is 0 Å². The van der Waals surface area contributed by atoms with E-state index in [2.05, 4.69) is 39.2 Å². The summed E-state index contributed by atoms with van der Waals surface area (Å²) in [5, 5.41) is 0. The first-order chi connectivity index (χ1) is 4.91. The number of hydrogen-bond donors (Lipinski definition) is 0. The highest BCUT2D eigenvalue weighted by Crippen LogP contribution is 2.28. The third-order valence-corrected chi connectivity index (χ3v) is 2.37. The van der Waals surface area contributed by atoms with Crippen molar-refractivity contribution in [3.8, 4) is 0 Å². The molecule has 11 heavy (non-hydrogen) atoms. The molecular formula is C10H19N. The Kier molecular flexibility index (Phi) is 2.10. The average Bonchev–Trinajstić information content (AvgIpc) is 2.08. The molecule has 64 valence electrons. The molecule has 1 heterocycles. The van der Waals surface area contributed by atoms with E-state index in [1.165, 1.54) is 12.0 Å². The van der Waals surface area contributed by atoms with Gasteiger partial charge in [0.15, 0.2) is 0 Å². The molecule has 0 aromatic rings. The second-order valence-electron chi connectivity index (χ2n) is 4.60. The molecule has 1 fully saturated rings. The summed E-state index contributed by atoms with van der Waals surface area (Å²) >= 11 is 0. The van der Waals surface area contributed by atoms with Crippen molar-refractivity contribution in [1.29, 1.82) is 0 Å². The number of hydrogen-bond acceptors (Lipinski definition) is 1. The van der Waals surface area contributed by atoms with Gasteiger partial charge in [0.25, 0.3) is 0 Å². The number of likely N-dealkylation sites (tertiary alicyclic amines) is 1. The second-order valence-corrected chi connectivity index (χ2v) is 4.60. The van der Waals surface area contributed by atoms with Gasteiger partial charge in [-0.1, -0.05) is 12.2 Å². The van der Waals surface area contributed by atoms with Gasteiger partial charge in [-0.2, -0.15) is 0 Å². The van der Waals surface area contributed by atoms with E-state index in [1.54, 1.807) is 0 Å². The zero-order chi connectivity index (χ0) is 8.65. The van der Waals surface area contributed by atoms with E-state index in [-0.39, 0.29) is 0 Å². The molecule has 1 atom stereocenters. The van der Waals surface area contributed by atoms with Crippen LogP contribution in [-0.4, -0.2) is 23.0 Å². The molecule has 0 aromatic heterocycles. The molecule has 0 aliphatic carbocycles. The van der Waals surface area contributed by atoms with Crippen LogP contribution < -0.4 is 0 Å². The zero-order valence-electron chi connectivity index (χ0n) is 8.15. The topological polar surface area (TPSA) is 3.24 Å². The number of nitrogens with zero attached hydrogens (tertiary/aromatic N) is 1. The average molecular weight is 153 g/mol. The fourth-order valence-electron chi connectivity index (χ4n) is 1.89. The van der Waals surface area contributed by atoms with Crippen LogP contribution in [0.3, 0.4) is 0 Å². The molecule has 0 amide bonds. The SMILES string of the molecule is C=C1CC(C)N(C(C)(C)C)C1. The fourth-order valence-corrected chi connectivity index (χ4v) is 1.89. The largest absolute Gasteiger partial charge is 0.292 e. The lowest BCUT2D eigenvalue weighted by atomic mass is 10.1. The van der Waals surface area contributed by atoms with Gasteiger partial charge in [-0.05, 0) is 34.1 Å². The maximum Gasteiger partial charge on any atom is 0.0198 e. The Bertz CT molecular complexity index is 164. The molecule has 0 radical (unpaired) electrons. The summed E-state index contributed by atoms with van der Waals surface area (Å²) in [6.45, 7) is 14.2. The van der Waals surface area contributed by atoms with Gasteiger partial charge in [0.1, 0.15) is 0 Å². The van der Waals surface area contributed by atoms with Crippen LogP contribution in [0, 0.1) is 0 Å². The van der Waals surface area contributed by atoms with Crippen molar-refractivity contribution in [2.75, 3.05) is 6.54 Å². The summed E-state index contributed by atoms with van der Waals surface area (Å²) in [4.78, 5) is 2.51. The van der Waals surface area contributed by atoms with Crippen molar-refractivity contribution in [3.05, 3.63) is 12.2 Å². The predicted octanol–water partition coefficient (Wildman–Crippen LogP) is 2.44. The van der Waals surface area contributed by atoms with Gasteiger partial charge >= 0.3 is 0 Å². The maximum atomic E-state index is 4.03. The van der Waals surface area contributed by atoms with E-state index in [4.69, 9.17) is 0 Å². The Morgan fingerprint density at radius 1 is 1.45 bits per heavy atom. The van der Waals surface area contributed by atoms with E-state index >= 15 is 0 Å². The van der Waals surface area contributed by atoms with Crippen LogP contribution in [0.15, 0.2) is 12.2 Å². The molecule has 0 saturated carbocycles. The van der Waals surface area contributed by atoms with Gasteiger partial charge < -0.3 is 0 Å². The molecule has 0 bridgehead atoms. The lowest BCUT2D eigenvalue weighted by Crippen LogP contribution is -2.43. The Hall–Kier alpha value is -0.300. The standard InChI is InChI=1S/C10H19N/c1-8-6-9(2)11(7-8)10(3,4)5/h9H,1,6-7H2,2-5H3.